The minimum atomic E-state index is -0.283. The summed E-state index contributed by atoms with van der Waals surface area (Å²) in [5.41, 5.74) is 1.65. The largest absolute Gasteiger partial charge is 0.353 e. The van der Waals surface area contributed by atoms with Gasteiger partial charge in [0.1, 0.15) is 5.82 Å². The number of amides is 3. The maximum absolute atomic E-state index is 12.7. The molecule has 2 aromatic heterocycles. The lowest BCUT2D eigenvalue weighted by Gasteiger charge is -2.35. The van der Waals surface area contributed by atoms with Crippen LogP contribution < -0.4 is 4.90 Å². The number of hydrogen-bond acceptors (Lipinski definition) is 8. The van der Waals surface area contributed by atoms with Gasteiger partial charge in [-0.2, -0.15) is 4.98 Å². The smallest absolute Gasteiger partial charge is 0.261 e. The Labute approximate surface area is 196 Å². The number of aromatic nitrogens is 3. The molecule has 0 spiro atoms. The molecule has 0 radical (unpaired) electrons. The second-order valence-electron chi connectivity index (χ2n) is 8.32. The van der Waals surface area contributed by atoms with Gasteiger partial charge in [0, 0.05) is 57.8 Å². The first kappa shape index (κ1) is 21.7. The van der Waals surface area contributed by atoms with Crippen LogP contribution in [0.4, 0.5) is 5.82 Å². The summed E-state index contributed by atoms with van der Waals surface area (Å²) in [4.78, 5) is 51.5. The van der Waals surface area contributed by atoms with Crippen LogP contribution in [0, 0.1) is 6.92 Å². The number of nitrogens with zero attached hydrogens (tertiary/aromatic N) is 6. The van der Waals surface area contributed by atoms with Crippen LogP contribution in [0.2, 0.25) is 0 Å². The fourth-order valence-electron chi connectivity index (χ4n) is 4.30. The Morgan fingerprint density at radius 2 is 1.71 bits per heavy atom. The number of fused-ring (bicyclic) bond motifs is 1. The van der Waals surface area contributed by atoms with Crippen molar-refractivity contribution in [1.82, 2.24) is 24.9 Å². The van der Waals surface area contributed by atoms with Gasteiger partial charge in [0.05, 0.1) is 11.1 Å². The highest BCUT2D eigenvalue weighted by atomic mass is 16.5. The van der Waals surface area contributed by atoms with Crippen LogP contribution in [0.15, 0.2) is 47.1 Å². The molecule has 3 amide bonds. The van der Waals surface area contributed by atoms with Crippen molar-refractivity contribution in [2.45, 2.75) is 19.8 Å². The summed E-state index contributed by atoms with van der Waals surface area (Å²) >= 11 is 0. The predicted octanol–water partition coefficient (Wildman–Crippen LogP) is 2.17. The second-order valence-corrected chi connectivity index (χ2v) is 8.32. The highest BCUT2D eigenvalue weighted by Crippen LogP contribution is 2.23. The van der Waals surface area contributed by atoms with Crippen LogP contribution in [0.3, 0.4) is 0 Å². The molecular weight excluding hydrogens is 436 g/mol. The predicted molar refractivity (Wildman–Crippen MR) is 122 cm³/mol. The Kier molecular flexibility index (Phi) is 5.79. The van der Waals surface area contributed by atoms with E-state index >= 15 is 0 Å². The minimum Gasteiger partial charge on any atom is -0.353 e. The molecule has 2 aliphatic heterocycles. The van der Waals surface area contributed by atoms with Crippen molar-refractivity contribution in [1.29, 1.82) is 0 Å². The number of carbonyl (C=O) groups is 3. The van der Waals surface area contributed by atoms with Gasteiger partial charge in [-0.05, 0) is 30.7 Å². The van der Waals surface area contributed by atoms with E-state index in [0.29, 0.717) is 61.9 Å². The van der Waals surface area contributed by atoms with Crippen LogP contribution >= 0.6 is 0 Å². The first-order valence-electron chi connectivity index (χ1n) is 11.3. The molecule has 10 nitrogen and oxygen atoms in total. The van der Waals surface area contributed by atoms with Crippen molar-refractivity contribution < 1.29 is 18.9 Å². The Bertz CT molecular complexity index is 1200. The lowest BCUT2D eigenvalue weighted by atomic mass is 10.1. The summed E-state index contributed by atoms with van der Waals surface area (Å²) in [5.74, 6) is 1.31. The molecule has 4 heterocycles. The summed E-state index contributed by atoms with van der Waals surface area (Å²) in [6, 6.07) is 10.6. The van der Waals surface area contributed by atoms with Crippen LogP contribution in [-0.4, -0.2) is 75.4 Å². The lowest BCUT2D eigenvalue weighted by molar-refractivity contribution is -0.131. The standard InChI is InChI=1S/C24H24N6O4/c1-16-26-22(27-34-16)17-8-9-20(25-15-17)28-11-13-29(14-12-28)21(31)7-4-10-30-23(32)18-5-2-3-6-19(18)24(30)33/h2-3,5-6,8-9,15H,4,7,10-14H2,1H3. The molecule has 3 aromatic rings. The Morgan fingerprint density at radius 1 is 1.00 bits per heavy atom. The number of carbonyl (C=O) groups excluding carboxylic acids is 3. The van der Waals surface area contributed by atoms with Gasteiger partial charge in [0.2, 0.25) is 17.6 Å². The quantitative estimate of drug-likeness (QED) is 0.515. The molecule has 0 aliphatic carbocycles. The third-order valence-electron chi connectivity index (χ3n) is 6.14. The minimum absolute atomic E-state index is 0.0343. The fraction of sp³-hybridized carbons (Fsp3) is 0.333. The third-order valence-corrected chi connectivity index (χ3v) is 6.14. The summed E-state index contributed by atoms with van der Waals surface area (Å²) in [5, 5.41) is 3.90. The molecule has 2 aliphatic rings. The van der Waals surface area contributed by atoms with E-state index in [-0.39, 0.29) is 24.3 Å². The van der Waals surface area contributed by atoms with Gasteiger partial charge in [-0.15, -0.1) is 0 Å². The van der Waals surface area contributed by atoms with E-state index < -0.39 is 0 Å². The molecule has 1 saturated heterocycles. The van der Waals surface area contributed by atoms with Crippen molar-refractivity contribution in [3.63, 3.8) is 0 Å². The molecule has 1 fully saturated rings. The zero-order chi connectivity index (χ0) is 23.7. The van der Waals surface area contributed by atoms with Gasteiger partial charge in [-0.1, -0.05) is 17.3 Å². The molecular formula is C24H24N6O4. The van der Waals surface area contributed by atoms with Crippen molar-refractivity contribution in [2.75, 3.05) is 37.6 Å². The molecule has 0 unspecified atom stereocenters. The summed E-state index contributed by atoms with van der Waals surface area (Å²) in [7, 11) is 0. The average molecular weight is 460 g/mol. The van der Waals surface area contributed by atoms with Gasteiger partial charge in [0.15, 0.2) is 0 Å². The number of anilines is 1. The molecule has 0 saturated carbocycles. The first-order chi connectivity index (χ1) is 16.5. The number of benzene rings is 1. The molecule has 0 atom stereocenters. The number of piperazine rings is 1. The van der Waals surface area contributed by atoms with E-state index in [2.05, 4.69) is 20.0 Å². The molecule has 0 bridgehead atoms. The highest BCUT2D eigenvalue weighted by Gasteiger charge is 2.34. The van der Waals surface area contributed by atoms with E-state index in [4.69, 9.17) is 4.52 Å². The van der Waals surface area contributed by atoms with Crippen LogP contribution in [0.1, 0.15) is 39.4 Å². The van der Waals surface area contributed by atoms with Crippen LogP contribution in [-0.2, 0) is 4.79 Å². The van der Waals surface area contributed by atoms with Gasteiger partial charge >= 0.3 is 0 Å². The summed E-state index contributed by atoms with van der Waals surface area (Å²) < 4.78 is 5.01. The van der Waals surface area contributed by atoms with Gasteiger partial charge < -0.3 is 14.3 Å². The van der Waals surface area contributed by atoms with E-state index in [1.165, 1.54) is 4.90 Å². The average Bonchev–Trinajstić information content (AvgIpc) is 3.41. The van der Waals surface area contributed by atoms with E-state index in [1.807, 2.05) is 17.0 Å². The van der Waals surface area contributed by atoms with Crippen molar-refractivity contribution in [2.24, 2.45) is 0 Å². The normalized spacial score (nSPS) is 15.7. The number of rotatable bonds is 6. The maximum Gasteiger partial charge on any atom is 0.261 e. The van der Waals surface area contributed by atoms with Gasteiger partial charge in [-0.3, -0.25) is 19.3 Å². The number of aryl methyl sites for hydroxylation is 1. The monoisotopic (exact) mass is 460 g/mol. The topological polar surface area (TPSA) is 113 Å². The number of hydrogen-bond donors (Lipinski definition) is 0. The second kappa shape index (κ2) is 9.05. The van der Waals surface area contributed by atoms with Gasteiger partial charge in [0.25, 0.3) is 11.8 Å². The Hall–Kier alpha value is -4.08. The van der Waals surface area contributed by atoms with E-state index in [0.717, 1.165) is 11.4 Å². The lowest BCUT2D eigenvalue weighted by Crippen LogP contribution is -2.49. The Balaban J connectivity index is 1.09. The number of imide groups is 1. The van der Waals surface area contributed by atoms with Crippen molar-refractivity contribution >= 4 is 23.5 Å². The molecule has 0 N–H and O–H groups in total. The molecule has 174 valence electrons. The SMILES string of the molecule is Cc1nc(-c2ccc(N3CCN(C(=O)CCCN4C(=O)c5ccccc5C4=O)CC3)nc2)no1. The van der Waals surface area contributed by atoms with E-state index in [9.17, 15) is 14.4 Å². The van der Waals surface area contributed by atoms with Crippen molar-refractivity contribution in [3.8, 4) is 11.4 Å². The van der Waals surface area contributed by atoms with E-state index in [1.54, 1.807) is 37.4 Å². The molecule has 1 aromatic carbocycles. The van der Waals surface area contributed by atoms with Crippen LogP contribution in [0.25, 0.3) is 11.4 Å². The molecule has 10 heteroatoms. The maximum atomic E-state index is 12.7. The first-order valence-corrected chi connectivity index (χ1v) is 11.3. The zero-order valence-corrected chi connectivity index (χ0v) is 18.8. The summed E-state index contributed by atoms with van der Waals surface area (Å²) in [6.45, 7) is 4.53. The molecule has 34 heavy (non-hydrogen) atoms. The fourth-order valence-corrected chi connectivity index (χ4v) is 4.30. The molecule has 5 rings (SSSR count). The Morgan fingerprint density at radius 3 is 2.29 bits per heavy atom. The van der Waals surface area contributed by atoms with Gasteiger partial charge in [-0.25, -0.2) is 4.98 Å². The van der Waals surface area contributed by atoms with Crippen LogP contribution in [0.5, 0.6) is 0 Å². The third kappa shape index (κ3) is 4.14. The highest BCUT2D eigenvalue weighted by molar-refractivity contribution is 6.21. The zero-order valence-electron chi connectivity index (χ0n) is 18.8. The number of pyridine rings is 1. The van der Waals surface area contributed by atoms with Crippen molar-refractivity contribution in [3.05, 3.63) is 59.6 Å². The summed E-state index contributed by atoms with van der Waals surface area (Å²) in [6.07, 6.45) is 2.46.